The minimum absolute atomic E-state index is 0.275. The molecule has 1 aliphatic rings. The average Bonchev–Trinajstić information content (AvgIpc) is 2.62. The van der Waals surface area contributed by atoms with E-state index in [1.807, 2.05) is 36.4 Å². The maximum Gasteiger partial charge on any atom is 0.288 e. The van der Waals surface area contributed by atoms with Crippen LogP contribution in [0.4, 0.5) is 0 Å². The van der Waals surface area contributed by atoms with Crippen molar-refractivity contribution in [1.29, 1.82) is 0 Å². The molecule has 2 aromatic carbocycles. The first-order valence-corrected chi connectivity index (χ1v) is 7.97. The number of nitrogens with zero attached hydrogens (tertiary/aromatic N) is 1. The monoisotopic (exact) mass is 333 g/mol. The standard InChI is InChI=1S/C20H15NO2S/c1-2-15-13-14-18(24)20(21(22)23,17-11-7-4-8-12-17)19(15)16-9-5-3-6-10-16/h1,3-14,18,24H. The van der Waals surface area contributed by atoms with Crippen LogP contribution in [-0.4, -0.2) is 10.2 Å². The van der Waals surface area contributed by atoms with Gasteiger partial charge in [0.1, 0.15) is 0 Å². The topological polar surface area (TPSA) is 43.1 Å². The van der Waals surface area contributed by atoms with Crippen molar-refractivity contribution in [1.82, 2.24) is 0 Å². The summed E-state index contributed by atoms with van der Waals surface area (Å²) in [6, 6.07) is 18.2. The molecule has 2 aromatic rings. The fraction of sp³-hybridized carbons (Fsp3) is 0.100. The molecule has 3 nitrogen and oxygen atoms in total. The second-order valence-corrected chi connectivity index (χ2v) is 6.05. The lowest BCUT2D eigenvalue weighted by Gasteiger charge is -2.34. The Kier molecular flexibility index (Phi) is 4.28. The molecule has 0 spiro atoms. The molecule has 0 amide bonds. The van der Waals surface area contributed by atoms with E-state index in [0.29, 0.717) is 16.7 Å². The van der Waals surface area contributed by atoms with E-state index >= 15 is 0 Å². The van der Waals surface area contributed by atoms with Gasteiger partial charge in [0.05, 0.1) is 10.8 Å². The van der Waals surface area contributed by atoms with Gasteiger partial charge in [-0.1, -0.05) is 72.7 Å². The Hall–Kier alpha value is -2.77. The van der Waals surface area contributed by atoms with E-state index in [0.717, 1.165) is 5.56 Å². The molecule has 0 fully saturated rings. The highest BCUT2D eigenvalue weighted by molar-refractivity contribution is 7.81. The van der Waals surface area contributed by atoms with Gasteiger partial charge in [-0.3, -0.25) is 10.1 Å². The minimum Gasteiger partial charge on any atom is -0.263 e. The zero-order valence-electron chi connectivity index (χ0n) is 12.8. The summed E-state index contributed by atoms with van der Waals surface area (Å²) in [5.74, 6) is 2.61. The normalized spacial score (nSPS) is 22.9. The second kappa shape index (κ2) is 6.38. The van der Waals surface area contributed by atoms with Crippen molar-refractivity contribution in [2.45, 2.75) is 10.8 Å². The van der Waals surface area contributed by atoms with Gasteiger partial charge in [-0.15, -0.1) is 6.42 Å². The number of terminal acetylenes is 1. The van der Waals surface area contributed by atoms with Crippen molar-refractivity contribution >= 4 is 18.2 Å². The highest BCUT2D eigenvalue weighted by Crippen LogP contribution is 2.48. The van der Waals surface area contributed by atoms with Gasteiger partial charge in [-0.25, -0.2) is 0 Å². The Morgan fingerprint density at radius 3 is 2.21 bits per heavy atom. The number of allylic oxidation sites excluding steroid dienone is 2. The van der Waals surface area contributed by atoms with Crippen molar-refractivity contribution in [3.8, 4) is 12.3 Å². The van der Waals surface area contributed by atoms with Crippen LogP contribution in [0.25, 0.3) is 5.57 Å². The van der Waals surface area contributed by atoms with Crippen LogP contribution in [-0.2, 0) is 5.54 Å². The molecule has 0 saturated heterocycles. The molecule has 0 N–H and O–H groups in total. The third kappa shape index (κ3) is 2.34. The summed E-state index contributed by atoms with van der Waals surface area (Å²) in [4.78, 5) is 12.1. The molecule has 24 heavy (non-hydrogen) atoms. The van der Waals surface area contributed by atoms with Crippen LogP contribution in [0.15, 0.2) is 78.4 Å². The largest absolute Gasteiger partial charge is 0.288 e. The van der Waals surface area contributed by atoms with Crippen LogP contribution in [0.1, 0.15) is 11.1 Å². The van der Waals surface area contributed by atoms with Gasteiger partial charge in [-0.05, 0) is 11.6 Å². The molecule has 118 valence electrons. The molecule has 4 heteroatoms. The number of hydrogen-bond donors (Lipinski definition) is 1. The number of benzene rings is 2. The maximum absolute atomic E-state index is 12.4. The van der Waals surface area contributed by atoms with Crippen LogP contribution in [0.5, 0.6) is 0 Å². The van der Waals surface area contributed by atoms with Gasteiger partial charge in [0.2, 0.25) is 0 Å². The van der Waals surface area contributed by atoms with Crippen molar-refractivity contribution in [2.75, 3.05) is 0 Å². The van der Waals surface area contributed by atoms with Crippen molar-refractivity contribution < 1.29 is 4.92 Å². The minimum atomic E-state index is -1.54. The second-order valence-electron chi connectivity index (χ2n) is 5.49. The van der Waals surface area contributed by atoms with Crippen molar-refractivity contribution in [3.05, 3.63) is 99.6 Å². The quantitative estimate of drug-likeness (QED) is 0.397. The molecule has 3 rings (SSSR count). The molecule has 0 aromatic heterocycles. The van der Waals surface area contributed by atoms with E-state index in [9.17, 15) is 10.1 Å². The molecule has 0 aliphatic heterocycles. The Morgan fingerprint density at radius 2 is 1.67 bits per heavy atom. The smallest absolute Gasteiger partial charge is 0.263 e. The van der Waals surface area contributed by atoms with E-state index in [2.05, 4.69) is 18.5 Å². The fourth-order valence-corrected chi connectivity index (χ4v) is 3.63. The number of thiol groups is 1. The lowest BCUT2D eigenvalue weighted by molar-refractivity contribution is -0.557. The van der Waals surface area contributed by atoms with E-state index in [1.54, 1.807) is 36.4 Å². The SMILES string of the molecule is C#CC1=C(c2ccccc2)C(c2ccccc2)([N+](=O)[O-])C(S)C=C1. The summed E-state index contributed by atoms with van der Waals surface area (Å²) in [7, 11) is 0. The van der Waals surface area contributed by atoms with Crippen LogP contribution >= 0.6 is 12.6 Å². The zero-order valence-corrected chi connectivity index (χ0v) is 13.7. The Morgan fingerprint density at radius 1 is 1.08 bits per heavy atom. The predicted molar refractivity (Wildman–Crippen MR) is 99.2 cm³/mol. The predicted octanol–water partition coefficient (Wildman–Crippen LogP) is 4.11. The number of rotatable bonds is 3. The molecular formula is C20H15NO2S. The highest BCUT2D eigenvalue weighted by Gasteiger charge is 2.55. The molecule has 2 unspecified atom stereocenters. The number of nitro groups is 1. The van der Waals surface area contributed by atoms with E-state index in [1.165, 1.54) is 0 Å². The van der Waals surface area contributed by atoms with Crippen LogP contribution in [0.2, 0.25) is 0 Å². The number of hydrogen-bond acceptors (Lipinski definition) is 3. The maximum atomic E-state index is 12.4. The van der Waals surface area contributed by atoms with Gasteiger partial charge in [0.25, 0.3) is 5.54 Å². The molecule has 0 bridgehead atoms. The zero-order chi connectivity index (χ0) is 17.2. The molecule has 0 heterocycles. The third-order valence-corrected chi connectivity index (χ3v) is 4.79. The lowest BCUT2D eigenvalue weighted by atomic mass is 9.72. The first kappa shape index (κ1) is 16.1. The molecule has 2 atom stereocenters. The van der Waals surface area contributed by atoms with E-state index in [-0.39, 0.29) is 4.92 Å². The van der Waals surface area contributed by atoms with Gasteiger partial charge in [0, 0.05) is 16.1 Å². The molecule has 0 saturated carbocycles. The first-order valence-electron chi connectivity index (χ1n) is 7.45. The van der Waals surface area contributed by atoms with Crippen LogP contribution < -0.4 is 0 Å². The Labute approximate surface area is 146 Å². The molecule has 1 aliphatic carbocycles. The first-order chi connectivity index (χ1) is 11.6. The summed E-state index contributed by atoms with van der Waals surface area (Å²) >= 11 is 4.55. The van der Waals surface area contributed by atoms with Gasteiger partial charge < -0.3 is 0 Å². The average molecular weight is 333 g/mol. The van der Waals surface area contributed by atoms with E-state index in [4.69, 9.17) is 6.42 Å². The summed E-state index contributed by atoms with van der Waals surface area (Å²) in [6.45, 7) is 0. The van der Waals surface area contributed by atoms with Gasteiger partial charge in [0.15, 0.2) is 0 Å². The Balaban J connectivity index is 2.41. The van der Waals surface area contributed by atoms with Crippen molar-refractivity contribution in [2.24, 2.45) is 0 Å². The van der Waals surface area contributed by atoms with Crippen molar-refractivity contribution in [3.63, 3.8) is 0 Å². The molecular weight excluding hydrogens is 318 g/mol. The van der Waals surface area contributed by atoms with Gasteiger partial charge >= 0.3 is 0 Å². The van der Waals surface area contributed by atoms with Gasteiger partial charge in [-0.2, -0.15) is 12.6 Å². The summed E-state index contributed by atoms with van der Waals surface area (Å²) < 4.78 is 0. The fourth-order valence-electron chi connectivity index (χ4n) is 3.18. The third-order valence-electron chi connectivity index (χ3n) is 4.24. The molecule has 0 radical (unpaired) electrons. The summed E-state index contributed by atoms with van der Waals surface area (Å²) in [6.07, 6.45) is 9.10. The van der Waals surface area contributed by atoms with Crippen LogP contribution in [0.3, 0.4) is 0 Å². The van der Waals surface area contributed by atoms with Crippen LogP contribution in [0, 0.1) is 22.5 Å². The highest BCUT2D eigenvalue weighted by atomic mass is 32.1. The summed E-state index contributed by atoms with van der Waals surface area (Å²) in [5, 5.41) is 11.7. The lowest BCUT2D eigenvalue weighted by Crippen LogP contribution is -2.46. The van der Waals surface area contributed by atoms with E-state index < -0.39 is 10.8 Å². The summed E-state index contributed by atoms with van der Waals surface area (Å²) in [5.41, 5.74) is 0.763. The Bertz CT molecular complexity index is 866.